The minimum Gasteiger partial charge on any atom is -0.497 e. The maximum Gasteiger partial charge on any atom is 0.257 e. The van der Waals surface area contributed by atoms with Crippen molar-refractivity contribution < 1.29 is 18.9 Å². The number of hydrogen-bond acceptors (Lipinski definition) is 7. The van der Waals surface area contributed by atoms with Crippen molar-refractivity contribution in [3.8, 4) is 28.9 Å². The Balaban J connectivity index is 1.72. The lowest BCUT2D eigenvalue weighted by Gasteiger charge is -2.12. The highest BCUT2D eigenvalue weighted by atomic mass is 35.5. The molecule has 0 saturated carbocycles. The number of benzene rings is 1. The number of nitrogen functional groups attached to an aromatic ring is 1. The van der Waals surface area contributed by atoms with Crippen LogP contribution >= 0.6 is 11.6 Å². The third-order valence-electron chi connectivity index (χ3n) is 3.62. The Labute approximate surface area is 161 Å². The Morgan fingerprint density at radius 3 is 2.41 bits per heavy atom. The molecule has 0 amide bonds. The summed E-state index contributed by atoms with van der Waals surface area (Å²) >= 11 is 5.92. The van der Waals surface area contributed by atoms with Crippen molar-refractivity contribution in [2.24, 2.45) is 0 Å². The van der Waals surface area contributed by atoms with Crippen molar-refractivity contribution in [2.75, 3.05) is 20.0 Å². The van der Waals surface area contributed by atoms with Gasteiger partial charge in [-0.15, -0.1) is 0 Å². The molecule has 2 heterocycles. The standard InChI is InChI=1S/C19H18ClN3O4/c1-24-14-5-3-12(4-6-14)11-26-19-17(25-2)8-15(10-23-19)27-16-7-13(20)9-22-18(16)21/h3-10H,11H2,1-2H3,(H2,21,22). The number of nitrogens with two attached hydrogens (primary N) is 1. The first kappa shape index (κ1) is 18.6. The average molecular weight is 388 g/mol. The predicted octanol–water partition coefficient (Wildman–Crippen LogP) is 4.10. The highest BCUT2D eigenvalue weighted by Crippen LogP contribution is 2.33. The predicted molar refractivity (Wildman–Crippen MR) is 102 cm³/mol. The van der Waals surface area contributed by atoms with E-state index in [0.29, 0.717) is 34.8 Å². The highest BCUT2D eigenvalue weighted by Gasteiger charge is 2.11. The van der Waals surface area contributed by atoms with E-state index >= 15 is 0 Å². The van der Waals surface area contributed by atoms with E-state index < -0.39 is 0 Å². The van der Waals surface area contributed by atoms with Crippen LogP contribution in [0.5, 0.6) is 28.9 Å². The van der Waals surface area contributed by atoms with E-state index in [0.717, 1.165) is 11.3 Å². The second kappa shape index (κ2) is 8.46. The number of rotatable bonds is 7. The molecule has 3 rings (SSSR count). The van der Waals surface area contributed by atoms with Gasteiger partial charge in [-0.25, -0.2) is 9.97 Å². The van der Waals surface area contributed by atoms with Crippen LogP contribution in [0, 0.1) is 0 Å². The molecular formula is C19H18ClN3O4. The van der Waals surface area contributed by atoms with Crippen molar-refractivity contribution in [3.63, 3.8) is 0 Å². The van der Waals surface area contributed by atoms with Crippen LogP contribution in [0.1, 0.15) is 5.56 Å². The first-order chi connectivity index (χ1) is 13.1. The van der Waals surface area contributed by atoms with Crippen LogP contribution in [0.15, 0.2) is 48.8 Å². The van der Waals surface area contributed by atoms with E-state index in [1.165, 1.54) is 19.5 Å². The van der Waals surface area contributed by atoms with E-state index in [1.54, 1.807) is 19.2 Å². The summed E-state index contributed by atoms with van der Waals surface area (Å²) in [6.45, 7) is 0.332. The van der Waals surface area contributed by atoms with Crippen LogP contribution in [0.25, 0.3) is 0 Å². The molecule has 0 unspecified atom stereocenters. The smallest absolute Gasteiger partial charge is 0.257 e. The molecule has 27 heavy (non-hydrogen) atoms. The lowest BCUT2D eigenvalue weighted by molar-refractivity contribution is 0.271. The number of pyridine rings is 2. The maximum atomic E-state index is 5.92. The molecule has 0 aliphatic heterocycles. The van der Waals surface area contributed by atoms with Gasteiger partial charge in [0.2, 0.25) is 0 Å². The molecule has 0 saturated heterocycles. The summed E-state index contributed by atoms with van der Waals surface area (Å²) in [5, 5.41) is 0.415. The third kappa shape index (κ3) is 4.71. The first-order valence-corrected chi connectivity index (χ1v) is 8.35. The summed E-state index contributed by atoms with van der Waals surface area (Å²) in [5.41, 5.74) is 6.76. The summed E-state index contributed by atoms with van der Waals surface area (Å²) in [6.07, 6.45) is 2.95. The van der Waals surface area contributed by atoms with Crippen LogP contribution in [-0.4, -0.2) is 24.2 Å². The molecule has 2 aromatic heterocycles. The average Bonchev–Trinajstić information content (AvgIpc) is 2.70. The van der Waals surface area contributed by atoms with Gasteiger partial charge in [-0.1, -0.05) is 23.7 Å². The number of ether oxygens (including phenoxy) is 4. The van der Waals surface area contributed by atoms with Gasteiger partial charge in [-0.2, -0.15) is 0 Å². The zero-order chi connectivity index (χ0) is 19.2. The summed E-state index contributed by atoms with van der Waals surface area (Å²) in [6, 6.07) is 10.8. The minimum absolute atomic E-state index is 0.221. The Morgan fingerprint density at radius 2 is 1.70 bits per heavy atom. The number of nitrogens with zero attached hydrogens (tertiary/aromatic N) is 2. The molecule has 0 radical (unpaired) electrons. The second-order valence-corrected chi connectivity index (χ2v) is 5.89. The molecule has 0 atom stereocenters. The van der Waals surface area contributed by atoms with E-state index in [-0.39, 0.29) is 5.82 Å². The van der Waals surface area contributed by atoms with Gasteiger partial charge in [0.25, 0.3) is 5.88 Å². The fourth-order valence-electron chi connectivity index (χ4n) is 2.24. The Hall–Kier alpha value is -3.19. The Morgan fingerprint density at radius 1 is 0.926 bits per heavy atom. The van der Waals surface area contributed by atoms with E-state index in [9.17, 15) is 0 Å². The van der Waals surface area contributed by atoms with Crippen molar-refractivity contribution in [2.45, 2.75) is 6.61 Å². The van der Waals surface area contributed by atoms with Gasteiger partial charge < -0.3 is 24.7 Å². The van der Waals surface area contributed by atoms with Gasteiger partial charge in [-0.3, -0.25) is 0 Å². The van der Waals surface area contributed by atoms with E-state index in [4.69, 9.17) is 36.3 Å². The molecular weight excluding hydrogens is 370 g/mol. The van der Waals surface area contributed by atoms with Crippen molar-refractivity contribution in [1.82, 2.24) is 9.97 Å². The van der Waals surface area contributed by atoms with Crippen LogP contribution in [0.3, 0.4) is 0 Å². The summed E-state index contributed by atoms with van der Waals surface area (Å²) < 4.78 is 21.9. The first-order valence-electron chi connectivity index (χ1n) is 7.97. The Kier molecular flexibility index (Phi) is 5.83. The van der Waals surface area contributed by atoms with Crippen molar-refractivity contribution in [3.05, 3.63) is 59.4 Å². The SMILES string of the molecule is COc1ccc(COc2ncc(Oc3cc(Cl)cnc3N)cc2OC)cc1. The number of methoxy groups -OCH3 is 2. The van der Waals surface area contributed by atoms with Gasteiger partial charge in [0.05, 0.1) is 25.4 Å². The maximum absolute atomic E-state index is 5.92. The summed E-state index contributed by atoms with van der Waals surface area (Å²) in [7, 11) is 3.15. The molecule has 7 nitrogen and oxygen atoms in total. The van der Waals surface area contributed by atoms with Crippen molar-refractivity contribution >= 4 is 17.4 Å². The Bertz CT molecular complexity index is 919. The lowest BCUT2D eigenvalue weighted by Crippen LogP contribution is -2.01. The molecule has 0 aliphatic carbocycles. The number of anilines is 1. The number of aromatic nitrogens is 2. The monoisotopic (exact) mass is 387 g/mol. The summed E-state index contributed by atoms with van der Waals surface area (Å²) in [4.78, 5) is 8.20. The molecule has 140 valence electrons. The summed E-state index contributed by atoms with van der Waals surface area (Å²) in [5.74, 6) is 2.52. The molecule has 0 aliphatic rings. The molecule has 0 bridgehead atoms. The molecule has 1 aromatic carbocycles. The van der Waals surface area contributed by atoms with Gasteiger partial charge in [0.15, 0.2) is 17.3 Å². The molecule has 0 spiro atoms. The number of hydrogen-bond donors (Lipinski definition) is 1. The van der Waals surface area contributed by atoms with Crippen LogP contribution < -0.4 is 24.7 Å². The second-order valence-electron chi connectivity index (χ2n) is 5.45. The lowest BCUT2D eigenvalue weighted by atomic mass is 10.2. The van der Waals surface area contributed by atoms with E-state index in [1.807, 2.05) is 24.3 Å². The van der Waals surface area contributed by atoms with Gasteiger partial charge in [0, 0.05) is 18.3 Å². The van der Waals surface area contributed by atoms with Gasteiger partial charge in [0.1, 0.15) is 18.1 Å². The van der Waals surface area contributed by atoms with Gasteiger partial charge in [-0.05, 0) is 17.7 Å². The highest BCUT2D eigenvalue weighted by molar-refractivity contribution is 6.30. The fourth-order valence-corrected chi connectivity index (χ4v) is 2.39. The minimum atomic E-state index is 0.221. The van der Waals surface area contributed by atoms with Crippen LogP contribution in [-0.2, 0) is 6.61 Å². The fraction of sp³-hybridized carbons (Fsp3) is 0.158. The molecule has 8 heteroatoms. The molecule has 3 aromatic rings. The number of halogens is 1. The molecule has 0 fully saturated rings. The van der Waals surface area contributed by atoms with Crippen LogP contribution in [0.2, 0.25) is 5.02 Å². The normalized spacial score (nSPS) is 10.3. The van der Waals surface area contributed by atoms with Gasteiger partial charge >= 0.3 is 0 Å². The van der Waals surface area contributed by atoms with Crippen molar-refractivity contribution in [1.29, 1.82) is 0 Å². The molecule has 2 N–H and O–H groups in total. The zero-order valence-electron chi connectivity index (χ0n) is 14.8. The topological polar surface area (TPSA) is 88.7 Å². The third-order valence-corrected chi connectivity index (χ3v) is 3.83. The zero-order valence-corrected chi connectivity index (χ0v) is 15.6. The van der Waals surface area contributed by atoms with Crippen LogP contribution in [0.4, 0.5) is 5.82 Å². The van der Waals surface area contributed by atoms with E-state index in [2.05, 4.69) is 9.97 Å². The largest absolute Gasteiger partial charge is 0.497 e. The quantitative estimate of drug-likeness (QED) is 0.652.